The van der Waals surface area contributed by atoms with Gasteiger partial charge in [-0.3, -0.25) is 9.78 Å². The van der Waals surface area contributed by atoms with Crippen molar-refractivity contribution in [3.8, 4) is 17.1 Å². The summed E-state index contributed by atoms with van der Waals surface area (Å²) >= 11 is 0. The van der Waals surface area contributed by atoms with Gasteiger partial charge in [-0.1, -0.05) is 42.5 Å². The number of nitrogens with one attached hydrogen (secondary N) is 2. The largest absolute Gasteiger partial charge is 0.497 e. The van der Waals surface area contributed by atoms with Crippen LogP contribution in [0, 0.1) is 0 Å². The zero-order valence-corrected chi connectivity index (χ0v) is 20.0. The topological polar surface area (TPSA) is 89.0 Å². The highest BCUT2D eigenvalue weighted by Gasteiger charge is 2.17. The second-order valence-corrected chi connectivity index (χ2v) is 8.30. The van der Waals surface area contributed by atoms with E-state index in [1.807, 2.05) is 85.8 Å². The summed E-state index contributed by atoms with van der Waals surface area (Å²) in [7, 11) is 1.62. The lowest BCUT2D eigenvalue weighted by Crippen LogP contribution is -2.27. The minimum atomic E-state index is -0.183. The third kappa shape index (κ3) is 4.86. The molecule has 0 aliphatic carbocycles. The van der Waals surface area contributed by atoms with Gasteiger partial charge in [-0.05, 0) is 55.0 Å². The van der Waals surface area contributed by atoms with E-state index in [0.717, 1.165) is 22.0 Å². The molecule has 0 spiro atoms. The van der Waals surface area contributed by atoms with Crippen molar-refractivity contribution in [2.75, 3.05) is 12.4 Å². The number of aromatic nitrogens is 3. The second-order valence-electron chi connectivity index (χ2n) is 8.30. The molecular formula is C29H25N5O2. The molecule has 0 aliphatic rings. The van der Waals surface area contributed by atoms with Gasteiger partial charge in [0, 0.05) is 23.3 Å². The van der Waals surface area contributed by atoms with Crippen molar-refractivity contribution in [3.63, 3.8) is 0 Å². The van der Waals surface area contributed by atoms with Crippen molar-refractivity contribution >= 4 is 28.3 Å². The summed E-state index contributed by atoms with van der Waals surface area (Å²) in [6, 6.07) is 26.5. The molecule has 0 fully saturated rings. The summed E-state index contributed by atoms with van der Waals surface area (Å²) in [5.74, 6) is 1.60. The Balaban J connectivity index is 1.53. The van der Waals surface area contributed by atoms with Crippen LogP contribution < -0.4 is 15.4 Å². The molecule has 5 aromatic rings. The number of rotatable bonds is 7. The average Bonchev–Trinajstić information content (AvgIpc) is 2.94. The third-order valence-corrected chi connectivity index (χ3v) is 5.89. The van der Waals surface area contributed by atoms with Crippen LogP contribution in [0.5, 0.6) is 5.75 Å². The summed E-state index contributed by atoms with van der Waals surface area (Å²) in [4.78, 5) is 27.0. The number of para-hydroxylation sites is 1. The molecule has 1 atom stereocenters. The van der Waals surface area contributed by atoms with E-state index in [-0.39, 0.29) is 11.9 Å². The zero-order chi connectivity index (χ0) is 24.9. The van der Waals surface area contributed by atoms with Gasteiger partial charge in [-0.2, -0.15) is 0 Å². The second kappa shape index (κ2) is 10.2. The number of pyridine rings is 1. The van der Waals surface area contributed by atoms with Gasteiger partial charge in [0.05, 0.1) is 29.9 Å². The number of carbonyl (C=O) groups excluding carboxylic acids is 1. The molecule has 0 saturated carbocycles. The standard InChI is InChI=1S/C29H25N5O2/c1-19(20-9-4-3-5-10-20)31-29(35)23-12-6-7-13-25(23)33-28-24-17-22(36-2)14-15-26(24)32-27(34-28)21-11-8-16-30-18-21/h3-19H,1-2H3,(H,31,35)(H,32,33,34). The molecule has 36 heavy (non-hydrogen) atoms. The Kier molecular flexibility index (Phi) is 6.53. The van der Waals surface area contributed by atoms with Crippen molar-refractivity contribution < 1.29 is 9.53 Å². The van der Waals surface area contributed by atoms with Crippen LogP contribution in [0.3, 0.4) is 0 Å². The first-order valence-electron chi connectivity index (χ1n) is 11.6. The summed E-state index contributed by atoms with van der Waals surface area (Å²) < 4.78 is 5.43. The lowest BCUT2D eigenvalue weighted by Gasteiger charge is -2.17. The number of hydrogen-bond donors (Lipinski definition) is 2. The predicted molar refractivity (Wildman–Crippen MR) is 141 cm³/mol. The van der Waals surface area contributed by atoms with Crippen molar-refractivity contribution in [2.24, 2.45) is 0 Å². The van der Waals surface area contributed by atoms with Crippen LogP contribution in [0.2, 0.25) is 0 Å². The number of benzene rings is 3. The molecular weight excluding hydrogens is 450 g/mol. The van der Waals surface area contributed by atoms with E-state index in [2.05, 4.69) is 15.6 Å². The Bertz CT molecular complexity index is 1510. The third-order valence-electron chi connectivity index (χ3n) is 5.89. The molecule has 1 amide bonds. The van der Waals surface area contributed by atoms with E-state index >= 15 is 0 Å². The fraction of sp³-hybridized carbons (Fsp3) is 0.103. The number of ether oxygens (including phenoxy) is 1. The van der Waals surface area contributed by atoms with E-state index < -0.39 is 0 Å². The number of anilines is 2. The maximum atomic E-state index is 13.3. The van der Waals surface area contributed by atoms with Crippen LogP contribution in [0.4, 0.5) is 11.5 Å². The molecule has 0 bridgehead atoms. The van der Waals surface area contributed by atoms with E-state index in [0.29, 0.717) is 28.6 Å². The van der Waals surface area contributed by atoms with E-state index in [4.69, 9.17) is 14.7 Å². The normalized spacial score (nSPS) is 11.6. The lowest BCUT2D eigenvalue weighted by atomic mass is 10.1. The molecule has 0 saturated heterocycles. The molecule has 2 aromatic heterocycles. The summed E-state index contributed by atoms with van der Waals surface area (Å²) in [6.45, 7) is 1.97. The molecule has 1 unspecified atom stereocenters. The molecule has 2 N–H and O–H groups in total. The van der Waals surface area contributed by atoms with E-state index in [1.54, 1.807) is 25.6 Å². The van der Waals surface area contributed by atoms with E-state index in [9.17, 15) is 4.79 Å². The minimum absolute atomic E-state index is 0.145. The highest BCUT2D eigenvalue weighted by Crippen LogP contribution is 2.31. The molecule has 178 valence electrons. The highest BCUT2D eigenvalue weighted by atomic mass is 16.5. The van der Waals surface area contributed by atoms with Crippen LogP contribution in [0.1, 0.15) is 28.9 Å². The maximum absolute atomic E-state index is 13.3. The number of fused-ring (bicyclic) bond motifs is 1. The van der Waals surface area contributed by atoms with E-state index in [1.165, 1.54) is 0 Å². The Hall–Kier alpha value is -4.78. The van der Waals surface area contributed by atoms with Crippen LogP contribution in [-0.2, 0) is 0 Å². The molecule has 7 heteroatoms. The molecule has 3 aromatic carbocycles. The Morgan fingerprint density at radius 2 is 1.72 bits per heavy atom. The van der Waals surface area contributed by atoms with Gasteiger partial charge in [0.15, 0.2) is 5.82 Å². The smallest absolute Gasteiger partial charge is 0.253 e. The number of hydrogen-bond acceptors (Lipinski definition) is 6. The van der Waals surface area contributed by atoms with Crippen LogP contribution in [-0.4, -0.2) is 28.0 Å². The number of carbonyl (C=O) groups is 1. The summed E-state index contributed by atoms with van der Waals surface area (Å²) in [5.41, 5.74) is 3.71. The molecule has 5 rings (SSSR count). The monoisotopic (exact) mass is 475 g/mol. The van der Waals surface area contributed by atoms with Gasteiger partial charge in [-0.15, -0.1) is 0 Å². The Morgan fingerprint density at radius 1 is 0.917 bits per heavy atom. The summed E-state index contributed by atoms with van der Waals surface area (Å²) in [5, 5.41) is 7.25. The number of nitrogens with zero attached hydrogens (tertiary/aromatic N) is 3. The van der Waals surface area contributed by atoms with Gasteiger partial charge in [-0.25, -0.2) is 9.97 Å². The molecule has 2 heterocycles. The number of amides is 1. The first-order chi connectivity index (χ1) is 17.6. The Labute approximate surface area is 209 Å². The first kappa shape index (κ1) is 23.0. The Morgan fingerprint density at radius 3 is 2.50 bits per heavy atom. The molecule has 0 aliphatic heterocycles. The van der Waals surface area contributed by atoms with Crippen molar-refractivity contribution in [1.29, 1.82) is 0 Å². The highest BCUT2D eigenvalue weighted by molar-refractivity contribution is 6.02. The average molecular weight is 476 g/mol. The first-order valence-corrected chi connectivity index (χ1v) is 11.6. The predicted octanol–water partition coefficient (Wildman–Crippen LogP) is 5.94. The van der Waals surface area contributed by atoms with Crippen LogP contribution in [0.25, 0.3) is 22.3 Å². The molecule has 0 radical (unpaired) electrons. The zero-order valence-electron chi connectivity index (χ0n) is 20.0. The SMILES string of the molecule is COc1ccc2nc(-c3cccnc3)nc(Nc3ccccc3C(=O)NC(C)c3ccccc3)c2c1. The molecule has 7 nitrogen and oxygen atoms in total. The minimum Gasteiger partial charge on any atom is -0.497 e. The van der Waals surface area contributed by atoms with Gasteiger partial charge in [0.2, 0.25) is 0 Å². The number of methoxy groups -OCH3 is 1. The lowest BCUT2D eigenvalue weighted by molar-refractivity contribution is 0.0940. The summed E-state index contributed by atoms with van der Waals surface area (Å²) in [6.07, 6.45) is 3.43. The van der Waals surface area contributed by atoms with Gasteiger partial charge in [0.1, 0.15) is 11.6 Å². The fourth-order valence-corrected chi connectivity index (χ4v) is 3.97. The van der Waals surface area contributed by atoms with Crippen LogP contribution >= 0.6 is 0 Å². The van der Waals surface area contributed by atoms with Gasteiger partial charge < -0.3 is 15.4 Å². The van der Waals surface area contributed by atoms with Gasteiger partial charge >= 0.3 is 0 Å². The quantitative estimate of drug-likeness (QED) is 0.303. The maximum Gasteiger partial charge on any atom is 0.253 e. The van der Waals surface area contributed by atoms with Gasteiger partial charge in [0.25, 0.3) is 5.91 Å². The van der Waals surface area contributed by atoms with Crippen molar-refractivity contribution in [2.45, 2.75) is 13.0 Å². The fourth-order valence-electron chi connectivity index (χ4n) is 3.97. The van der Waals surface area contributed by atoms with Crippen molar-refractivity contribution in [1.82, 2.24) is 20.3 Å². The van der Waals surface area contributed by atoms with Crippen molar-refractivity contribution in [3.05, 3.63) is 108 Å². The van der Waals surface area contributed by atoms with Crippen LogP contribution in [0.15, 0.2) is 97.3 Å².